The molecular weight excluding hydrogens is 379 g/mol. The van der Waals surface area contributed by atoms with E-state index in [2.05, 4.69) is 0 Å². The minimum Gasteiger partial charge on any atom is -0.481 e. The maximum absolute atomic E-state index is 13.7. The number of fused-ring (bicyclic) bond motifs is 1. The van der Waals surface area contributed by atoms with E-state index in [1.165, 1.54) is 12.1 Å². The second-order valence-electron chi connectivity index (χ2n) is 5.95. The Labute approximate surface area is 184 Å². The molecule has 1 N–H and O–H groups in total. The largest absolute Gasteiger partial charge is 0.481 e. The van der Waals surface area contributed by atoms with E-state index in [0.717, 1.165) is 27.2 Å². The summed E-state index contributed by atoms with van der Waals surface area (Å²) in [4.78, 5) is 11.9. The van der Waals surface area contributed by atoms with Gasteiger partial charge in [-0.05, 0) is 70.7 Å². The van der Waals surface area contributed by atoms with Gasteiger partial charge in [0.25, 0.3) is 0 Å². The minimum atomic E-state index is -1.04. The first-order valence-electron chi connectivity index (χ1n) is 7.74. The third-order valence-electron chi connectivity index (χ3n) is 4.30. The van der Waals surface area contributed by atoms with Crippen molar-refractivity contribution in [2.45, 2.75) is 18.2 Å². The van der Waals surface area contributed by atoms with Crippen LogP contribution in [0, 0.1) is 5.82 Å². The standard InChI is InChI=1S/C20H17FO3S.Ca/c1-12-17(9-13-3-6-15(7-4-13)25(2)24)16-8-5-14(21)10-19(16)18(12)11-20(22)23;/h3-10H,11H2,1-2H3,(H,22,23);/b17-9-;. The molecule has 26 heavy (non-hydrogen) atoms. The van der Waals surface area contributed by atoms with E-state index in [1.54, 1.807) is 24.5 Å². The van der Waals surface area contributed by atoms with E-state index >= 15 is 0 Å². The summed E-state index contributed by atoms with van der Waals surface area (Å²) >= 11 is 0. The summed E-state index contributed by atoms with van der Waals surface area (Å²) in [6.07, 6.45) is 3.43. The molecule has 1 atom stereocenters. The van der Waals surface area contributed by atoms with Crippen LogP contribution in [0.5, 0.6) is 0 Å². The number of benzene rings is 2. The Kier molecular flexibility index (Phi) is 6.97. The maximum atomic E-state index is 13.7. The normalized spacial score (nSPS) is 15.6. The first-order valence-corrected chi connectivity index (χ1v) is 9.30. The summed E-state index contributed by atoms with van der Waals surface area (Å²) in [6, 6.07) is 11.8. The van der Waals surface area contributed by atoms with Gasteiger partial charge in [0.05, 0.1) is 6.42 Å². The van der Waals surface area contributed by atoms with Crippen LogP contribution in [0.3, 0.4) is 0 Å². The van der Waals surface area contributed by atoms with Crippen molar-refractivity contribution < 1.29 is 18.5 Å². The third-order valence-corrected chi connectivity index (χ3v) is 5.24. The van der Waals surface area contributed by atoms with Crippen molar-refractivity contribution in [2.24, 2.45) is 0 Å². The fourth-order valence-electron chi connectivity index (χ4n) is 3.05. The number of carbonyl (C=O) groups is 1. The zero-order valence-electron chi connectivity index (χ0n) is 14.6. The van der Waals surface area contributed by atoms with Crippen LogP contribution in [0.4, 0.5) is 4.39 Å². The van der Waals surface area contributed by atoms with Crippen LogP contribution in [0.25, 0.3) is 17.2 Å². The molecule has 0 aliphatic heterocycles. The third kappa shape index (κ3) is 4.34. The van der Waals surface area contributed by atoms with Gasteiger partial charge in [-0.3, -0.25) is 9.00 Å². The summed E-state index contributed by atoms with van der Waals surface area (Å²) in [7, 11) is -1.04. The Morgan fingerprint density at radius 3 is 2.38 bits per heavy atom. The predicted molar refractivity (Wildman–Crippen MR) is 104 cm³/mol. The SMILES string of the molecule is CC1=C(CC(=O)O)c2cc(F)ccc2/C1=C\c1ccc(S(C)=O)cc1.[Ca]. The molecule has 0 bridgehead atoms. The van der Waals surface area contributed by atoms with Crippen LogP contribution < -0.4 is 0 Å². The molecule has 0 heterocycles. The average molecular weight is 396 g/mol. The second-order valence-corrected chi connectivity index (χ2v) is 7.32. The zero-order valence-corrected chi connectivity index (χ0v) is 17.6. The van der Waals surface area contributed by atoms with Gasteiger partial charge in [-0.25, -0.2) is 4.39 Å². The molecule has 3 nitrogen and oxygen atoms in total. The zero-order chi connectivity index (χ0) is 18.1. The van der Waals surface area contributed by atoms with Gasteiger partial charge < -0.3 is 5.11 Å². The summed E-state index contributed by atoms with van der Waals surface area (Å²) in [5, 5.41) is 9.17. The quantitative estimate of drug-likeness (QED) is 0.796. The number of rotatable bonds is 4. The second kappa shape index (κ2) is 8.61. The fraction of sp³-hybridized carbons (Fsp3) is 0.150. The molecule has 0 aromatic heterocycles. The van der Waals surface area contributed by atoms with Gasteiger partial charge in [0.2, 0.25) is 0 Å². The number of halogens is 1. The van der Waals surface area contributed by atoms with Gasteiger partial charge in [-0.2, -0.15) is 0 Å². The fourth-order valence-corrected chi connectivity index (χ4v) is 3.57. The van der Waals surface area contributed by atoms with Crippen molar-refractivity contribution in [2.75, 3.05) is 6.26 Å². The van der Waals surface area contributed by atoms with Gasteiger partial charge in [-0.15, -0.1) is 0 Å². The van der Waals surface area contributed by atoms with Gasteiger partial charge in [0.1, 0.15) is 5.82 Å². The van der Waals surface area contributed by atoms with Gasteiger partial charge in [-0.1, -0.05) is 18.2 Å². The number of hydrogen-bond donors (Lipinski definition) is 1. The smallest absolute Gasteiger partial charge is 0.307 e. The summed E-state index contributed by atoms with van der Waals surface area (Å²) in [5.41, 5.74) is 4.74. The van der Waals surface area contributed by atoms with Crippen LogP contribution in [0.1, 0.15) is 30.0 Å². The number of hydrogen-bond acceptors (Lipinski definition) is 2. The molecule has 2 aromatic rings. The molecule has 1 unspecified atom stereocenters. The Morgan fingerprint density at radius 2 is 1.81 bits per heavy atom. The molecule has 1 aliphatic carbocycles. The molecule has 0 saturated carbocycles. The average Bonchev–Trinajstić information content (AvgIpc) is 2.80. The minimum absolute atomic E-state index is 0. The van der Waals surface area contributed by atoms with E-state index in [-0.39, 0.29) is 50.0 Å². The molecular formula is C20H17CaFO3S. The molecule has 1 aliphatic rings. The van der Waals surface area contributed by atoms with Crippen molar-refractivity contribution in [1.82, 2.24) is 0 Å². The van der Waals surface area contributed by atoms with Crippen molar-refractivity contribution in [3.8, 4) is 0 Å². The van der Waals surface area contributed by atoms with Crippen molar-refractivity contribution in [1.29, 1.82) is 0 Å². The Bertz CT molecular complexity index is 946. The Morgan fingerprint density at radius 1 is 1.15 bits per heavy atom. The van der Waals surface area contributed by atoms with E-state index in [4.69, 9.17) is 5.11 Å². The van der Waals surface area contributed by atoms with E-state index in [1.807, 2.05) is 25.1 Å². The number of carboxylic acid groups (broad SMARTS) is 1. The summed E-state index contributed by atoms with van der Waals surface area (Å²) in [5.74, 6) is -1.33. The Hall–Kier alpha value is -1.27. The monoisotopic (exact) mass is 396 g/mol. The molecule has 0 fully saturated rings. The van der Waals surface area contributed by atoms with Crippen molar-refractivity contribution in [3.05, 3.63) is 70.5 Å². The van der Waals surface area contributed by atoms with Gasteiger partial charge in [0, 0.05) is 59.7 Å². The molecule has 3 rings (SSSR count). The van der Waals surface area contributed by atoms with Crippen molar-refractivity contribution in [3.63, 3.8) is 0 Å². The summed E-state index contributed by atoms with van der Waals surface area (Å²) in [6.45, 7) is 1.86. The number of aliphatic carboxylic acids is 1. The van der Waals surface area contributed by atoms with Crippen LogP contribution >= 0.6 is 0 Å². The molecule has 6 heteroatoms. The molecule has 0 saturated heterocycles. The Balaban J connectivity index is 0.00000243. The van der Waals surface area contributed by atoms with Gasteiger partial charge in [0.15, 0.2) is 0 Å². The van der Waals surface area contributed by atoms with Crippen LogP contribution in [-0.4, -0.2) is 59.3 Å². The first kappa shape index (κ1) is 21.0. The molecule has 0 spiro atoms. The van der Waals surface area contributed by atoms with Crippen molar-refractivity contribution >= 4 is 71.7 Å². The van der Waals surface area contributed by atoms with Gasteiger partial charge >= 0.3 is 5.97 Å². The molecule has 2 radical (unpaired) electrons. The molecule has 130 valence electrons. The van der Waals surface area contributed by atoms with E-state index in [9.17, 15) is 13.4 Å². The van der Waals surface area contributed by atoms with Crippen LogP contribution in [0.15, 0.2) is 52.9 Å². The number of allylic oxidation sites excluding steroid dienone is 2. The number of carboxylic acids is 1. The van der Waals surface area contributed by atoms with Crippen LogP contribution in [0.2, 0.25) is 0 Å². The first-order chi connectivity index (χ1) is 11.9. The van der Waals surface area contributed by atoms with Crippen LogP contribution in [-0.2, 0) is 15.6 Å². The topological polar surface area (TPSA) is 54.4 Å². The summed E-state index contributed by atoms with van der Waals surface area (Å²) < 4.78 is 25.1. The van der Waals surface area contributed by atoms with E-state index < -0.39 is 16.8 Å². The predicted octanol–water partition coefficient (Wildman–Crippen LogP) is 3.98. The molecule has 0 amide bonds. The van der Waals surface area contributed by atoms with E-state index in [0.29, 0.717) is 11.1 Å². The maximum Gasteiger partial charge on any atom is 0.307 e. The molecule has 2 aromatic carbocycles.